The molecule has 4 rings (SSSR count). The molecule has 0 unspecified atom stereocenters. The average Bonchev–Trinajstić information content (AvgIpc) is 3.04. The fraction of sp³-hybridized carbons (Fsp3) is 0.0909. The first kappa shape index (κ1) is 18.6. The molecule has 1 aliphatic heterocycles. The van der Waals surface area contributed by atoms with Gasteiger partial charge in [0, 0.05) is 10.6 Å². The van der Waals surface area contributed by atoms with E-state index >= 15 is 0 Å². The smallest absolute Gasteiger partial charge is 0.264 e. The number of benzene rings is 3. The van der Waals surface area contributed by atoms with Gasteiger partial charge in [-0.25, -0.2) is 4.99 Å². The Kier molecular flexibility index (Phi) is 5.11. The Hall–Kier alpha value is -2.76. The summed E-state index contributed by atoms with van der Waals surface area (Å²) in [7, 11) is 1.63. The van der Waals surface area contributed by atoms with Crippen molar-refractivity contribution in [3.63, 3.8) is 0 Å². The van der Waals surface area contributed by atoms with Crippen molar-refractivity contribution in [1.82, 2.24) is 5.32 Å². The predicted octanol–water partition coefficient (Wildman–Crippen LogP) is 5.70. The highest BCUT2D eigenvalue weighted by Crippen LogP contribution is 2.35. The first-order valence-electron chi connectivity index (χ1n) is 8.66. The number of nitrogens with one attached hydrogen (secondary N) is 1. The third kappa shape index (κ3) is 3.63. The van der Waals surface area contributed by atoms with Crippen LogP contribution in [0.4, 0.5) is 5.69 Å². The summed E-state index contributed by atoms with van der Waals surface area (Å²) >= 11 is 7.37. The van der Waals surface area contributed by atoms with Crippen LogP contribution in [0.2, 0.25) is 5.02 Å². The summed E-state index contributed by atoms with van der Waals surface area (Å²) in [5.41, 5.74) is 2.60. The molecular weight excluding hydrogens is 392 g/mol. The molecule has 1 saturated heterocycles. The van der Waals surface area contributed by atoms with Gasteiger partial charge in [-0.15, -0.1) is 0 Å². The predicted molar refractivity (Wildman–Crippen MR) is 117 cm³/mol. The Morgan fingerprint density at radius 2 is 1.96 bits per heavy atom. The second-order valence-electron chi connectivity index (χ2n) is 6.32. The lowest BCUT2D eigenvalue weighted by atomic mass is 10.0. The van der Waals surface area contributed by atoms with Crippen LogP contribution in [0.3, 0.4) is 0 Å². The molecule has 1 heterocycles. The van der Waals surface area contributed by atoms with Gasteiger partial charge in [0.05, 0.1) is 17.7 Å². The van der Waals surface area contributed by atoms with Crippen LogP contribution in [0.15, 0.2) is 64.5 Å². The van der Waals surface area contributed by atoms with Crippen molar-refractivity contribution in [2.75, 3.05) is 7.11 Å². The van der Waals surface area contributed by atoms with Gasteiger partial charge in [-0.2, -0.15) is 0 Å². The van der Waals surface area contributed by atoms with Crippen LogP contribution in [-0.4, -0.2) is 18.2 Å². The minimum Gasteiger partial charge on any atom is -0.496 e. The van der Waals surface area contributed by atoms with Gasteiger partial charge in [0.2, 0.25) is 0 Å². The van der Waals surface area contributed by atoms with Gasteiger partial charge >= 0.3 is 0 Å². The summed E-state index contributed by atoms with van der Waals surface area (Å²) in [6.45, 7) is 1.95. The molecule has 1 N–H and O–H groups in total. The van der Waals surface area contributed by atoms with Crippen molar-refractivity contribution >= 4 is 57.0 Å². The Morgan fingerprint density at radius 3 is 2.79 bits per heavy atom. The summed E-state index contributed by atoms with van der Waals surface area (Å²) < 4.78 is 5.52. The number of hydrogen-bond acceptors (Lipinski definition) is 4. The van der Waals surface area contributed by atoms with E-state index in [4.69, 9.17) is 16.3 Å². The molecule has 0 spiro atoms. The number of halogens is 1. The van der Waals surface area contributed by atoms with Crippen molar-refractivity contribution in [3.8, 4) is 5.75 Å². The summed E-state index contributed by atoms with van der Waals surface area (Å²) in [5, 5.41) is 6.07. The van der Waals surface area contributed by atoms with Crippen LogP contribution in [0, 0.1) is 6.92 Å². The fourth-order valence-electron chi connectivity index (χ4n) is 3.03. The van der Waals surface area contributed by atoms with Gasteiger partial charge in [-0.1, -0.05) is 48.0 Å². The highest BCUT2D eigenvalue weighted by Gasteiger charge is 2.25. The fourth-order valence-corrected chi connectivity index (χ4v) is 4.01. The van der Waals surface area contributed by atoms with E-state index in [2.05, 4.69) is 10.3 Å². The van der Waals surface area contributed by atoms with Crippen LogP contribution >= 0.6 is 23.4 Å². The van der Waals surface area contributed by atoms with Crippen molar-refractivity contribution in [2.24, 2.45) is 4.99 Å². The Labute approximate surface area is 172 Å². The lowest BCUT2D eigenvalue weighted by molar-refractivity contribution is -0.115. The van der Waals surface area contributed by atoms with Crippen LogP contribution in [-0.2, 0) is 4.79 Å². The summed E-state index contributed by atoms with van der Waals surface area (Å²) in [6.07, 6.45) is 1.86. The molecule has 0 saturated carbocycles. The van der Waals surface area contributed by atoms with E-state index in [0.29, 0.717) is 15.1 Å². The highest BCUT2D eigenvalue weighted by atomic mass is 35.5. The topological polar surface area (TPSA) is 50.7 Å². The normalized spacial score (nSPS) is 16.8. The number of carbonyl (C=O) groups is 1. The third-order valence-corrected chi connectivity index (χ3v) is 5.62. The zero-order valence-electron chi connectivity index (χ0n) is 15.3. The summed E-state index contributed by atoms with van der Waals surface area (Å²) in [5.74, 6) is 0.536. The first-order valence-corrected chi connectivity index (χ1v) is 9.86. The molecular formula is C22H17ClN2O2S. The lowest BCUT2D eigenvalue weighted by Crippen LogP contribution is -2.19. The molecule has 4 nitrogen and oxygen atoms in total. The molecule has 3 aromatic rings. The number of fused-ring (bicyclic) bond motifs is 1. The van der Waals surface area contributed by atoms with Crippen molar-refractivity contribution in [3.05, 3.63) is 75.7 Å². The van der Waals surface area contributed by atoms with E-state index in [9.17, 15) is 4.79 Å². The number of nitrogens with zero attached hydrogens (tertiary/aromatic N) is 1. The maximum absolute atomic E-state index is 12.5. The third-order valence-electron chi connectivity index (χ3n) is 4.47. The van der Waals surface area contributed by atoms with Gasteiger partial charge < -0.3 is 10.1 Å². The van der Waals surface area contributed by atoms with Gasteiger partial charge in [0.25, 0.3) is 5.91 Å². The van der Waals surface area contributed by atoms with Gasteiger partial charge in [0.15, 0.2) is 5.17 Å². The number of thioether (sulfide) groups is 1. The van der Waals surface area contributed by atoms with E-state index in [0.717, 1.165) is 33.3 Å². The van der Waals surface area contributed by atoms with Gasteiger partial charge in [-0.3, -0.25) is 4.79 Å². The van der Waals surface area contributed by atoms with E-state index in [1.807, 2.05) is 61.5 Å². The number of amides is 1. The molecule has 0 aliphatic carbocycles. The Bertz CT molecular complexity index is 1150. The van der Waals surface area contributed by atoms with Crippen molar-refractivity contribution < 1.29 is 9.53 Å². The quantitative estimate of drug-likeness (QED) is 0.565. The Morgan fingerprint density at radius 1 is 1.14 bits per heavy atom. The molecule has 28 heavy (non-hydrogen) atoms. The highest BCUT2D eigenvalue weighted by molar-refractivity contribution is 8.18. The van der Waals surface area contributed by atoms with Crippen molar-refractivity contribution in [1.29, 1.82) is 0 Å². The van der Waals surface area contributed by atoms with E-state index < -0.39 is 0 Å². The lowest BCUT2D eigenvalue weighted by Gasteiger charge is -2.09. The monoisotopic (exact) mass is 408 g/mol. The second-order valence-corrected chi connectivity index (χ2v) is 7.78. The van der Waals surface area contributed by atoms with Crippen molar-refractivity contribution in [2.45, 2.75) is 6.92 Å². The molecule has 1 amide bonds. The number of rotatable bonds is 3. The number of methoxy groups -OCH3 is 1. The number of ether oxygens (including phenoxy) is 1. The minimum absolute atomic E-state index is 0.182. The zero-order valence-corrected chi connectivity index (χ0v) is 16.9. The number of amidine groups is 1. The first-order chi connectivity index (χ1) is 13.5. The summed E-state index contributed by atoms with van der Waals surface area (Å²) in [4.78, 5) is 17.6. The minimum atomic E-state index is -0.182. The average molecular weight is 409 g/mol. The van der Waals surface area contributed by atoms with Crippen LogP contribution in [0.1, 0.15) is 11.1 Å². The standard InChI is InChI=1S/C22H17ClN2O2S/c1-13-7-9-15(23)11-18(13)24-22-25-21(26)20(28-22)12-17-16-6-4-3-5-14(16)8-10-19(17)27-2/h3-12H,1-2H3,(H,24,25,26)/b20-12-. The van der Waals surface area contributed by atoms with E-state index in [1.165, 1.54) is 11.8 Å². The summed E-state index contributed by atoms with van der Waals surface area (Å²) in [6, 6.07) is 17.4. The van der Waals surface area contributed by atoms with Crippen LogP contribution in [0.25, 0.3) is 16.8 Å². The van der Waals surface area contributed by atoms with E-state index in [1.54, 1.807) is 13.2 Å². The largest absolute Gasteiger partial charge is 0.496 e. The molecule has 3 aromatic carbocycles. The molecule has 6 heteroatoms. The van der Waals surface area contributed by atoms with E-state index in [-0.39, 0.29) is 5.91 Å². The number of aryl methyl sites for hydroxylation is 1. The molecule has 0 atom stereocenters. The molecule has 140 valence electrons. The SMILES string of the molecule is COc1ccc2ccccc2c1/C=C1\SC(=Nc2cc(Cl)ccc2C)NC1=O. The molecule has 0 bridgehead atoms. The number of carbonyl (C=O) groups excluding carboxylic acids is 1. The Balaban J connectivity index is 1.74. The number of aliphatic imine (C=N–C) groups is 1. The zero-order chi connectivity index (χ0) is 19.7. The van der Waals surface area contributed by atoms with Crippen LogP contribution < -0.4 is 10.1 Å². The maximum atomic E-state index is 12.5. The second kappa shape index (κ2) is 7.70. The van der Waals surface area contributed by atoms with Gasteiger partial charge in [-0.05, 0) is 59.3 Å². The number of hydrogen-bond donors (Lipinski definition) is 1. The maximum Gasteiger partial charge on any atom is 0.264 e. The molecule has 0 radical (unpaired) electrons. The molecule has 1 fully saturated rings. The molecule has 1 aliphatic rings. The van der Waals surface area contributed by atoms with Crippen LogP contribution in [0.5, 0.6) is 5.75 Å². The molecule has 0 aromatic heterocycles. The van der Waals surface area contributed by atoms with Gasteiger partial charge in [0.1, 0.15) is 5.75 Å².